The molecule has 11 heavy (non-hydrogen) atoms. The monoisotopic (exact) mass is 170 g/mol. The normalized spacial score (nSPS) is 17.0. The van der Waals surface area contributed by atoms with Crippen LogP contribution in [0.15, 0.2) is 35.1 Å². The molecule has 0 aromatic rings. The first kappa shape index (κ1) is 8.14. The molecular formula is C8H10O2S. The number of carbonyl (C=O) groups excluding carboxylic acids is 1. The van der Waals surface area contributed by atoms with Crippen LogP contribution in [0.3, 0.4) is 0 Å². The van der Waals surface area contributed by atoms with Gasteiger partial charge in [-0.05, 0) is 17.7 Å². The summed E-state index contributed by atoms with van der Waals surface area (Å²) in [5, 5.41) is 3.74. The van der Waals surface area contributed by atoms with Crippen LogP contribution in [-0.2, 0) is 8.98 Å². The van der Waals surface area contributed by atoms with Crippen molar-refractivity contribution in [3.63, 3.8) is 0 Å². The summed E-state index contributed by atoms with van der Waals surface area (Å²) in [5.74, 6) is -0.313. The number of hydrogen-bond acceptors (Lipinski definition) is 2. The van der Waals surface area contributed by atoms with E-state index in [2.05, 4.69) is 6.58 Å². The molecule has 0 saturated carbocycles. The van der Waals surface area contributed by atoms with Crippen molar-refractivity contribution in [1.82, 2.24) is 0 Å². The zero-order chi connectivity index (χ0) is 8.27. The fraction of sp³-hybridized carbons (Fsp3) is 0.125. The SMILES string of the molecule is C=C(C)C(=O)O[SH]1C=CC=C1. The predicted octanol–water partition coefficient (Wildman–Crippen LogP) is 2.06. The molecule has 1 aliphatic rings. The van der Waals surface area contributed by atoms with E-state index < -0.39 is 11.2 Å². The van der Waals surface area contributed by atoms with Crippen LogP contribution in [0.1, 0.15) is 6.92 Å². The first-order valence-electron chi connectivity index (χ1n) is 3.21. The molecule has 0 radical (unpaired) electrons. The molecule has 0 N–H and O–H groups in total. The average molecular weight is 170 g/mol. The maximum Gasteiger partial charge on any atom is 0.343 e. The Hall–Kier alpha value is -0.960. The summed E-state index contributed by atoms with van der Waals surface area (Å²) in [6.45, 7) is 5.12. The lowest BCUT2D eigenvalue weighted by Gasteiger charge is -2.10. The van der Waals surface area contributed by atoms with Gasteiger partial charge in [-0.2, -0.15) is 0 Å². The minimum Gasteiger partial charge on any atom is -0.407 e. The van der Waals surface area contributed by atoms with Crippen molar-refractivity contribution >= 4 is 17.1 Å². The van der Waals surface area contributed by atoms with Crippen LogP contribution in [0, 0.1) is 0 Å². The lowest BCUT2D eigenvalue weighted by Crippen LogP contribution is -2.00. The van der Waals surface area contributed by atoms with E-state index in [1.54, 1.807) is 6.92 Å². The van der Waals surface area contributed by atoms with Gasteiger partial charge in [0.15, 0.2) is 0 Å². The number of allylic oxidation sites excluding steroid dienone is 2. The molecule has 1 heterocycles. The second kappa shape index (κ2) is 3.44. The number of hydrogen-bond donors (Lipinski definition) is 1. The van der Waals surface area contributed by atoms with Crippen LogP contribution >= 0.6 is 11.2 Å². The van der Waals surface area contributed by atoms with Crippen molar-refractivity contribution in [2.45, 2.75) is 6.92 Å². The topological polar surface area (TPSA) is 26.3 Å². The Morgan fingerprint density at radius 2 is 2.00 bits per heavy atom. The molecular weight excluding hydrogens is 160 g/mol. The van der Waals surface area contributed by atoms with Crippen molar-refractivity contribution in [2.75, 3.05) is 0 Å². The maximum atomic E-state index is 10.9. The Bertz CT molecular complexity index is 228. The molecule has 1 rings (SSSR count). The zero-order valence-corrected chi connectivity index (χ0v) is 7.17. The highest BCUT2D eigenvalue weighted by Crippen LogP contribution is 2.34. The Morgan fingerprint density at radius 1 is 1.45 bits per heavy atom. The van der Waals surface area contributed by atoms with E-state index in [0.717, 1.165) is 0 Å². The van der Waals surface area contributed by atoms with E-state index in [0.29, 0.717) is 5.57 Å². The average Bonchev–Trinajstić information content (AvgIpc) is 2.39. The maximum absolute atomic E-state index is 10.9. The molecule has 0 spiro atoms. The first-order chi connectivity index (χ1) is 5.20. The Kier molecular flexibility index (Phi) is 2.54. The second-order valence-corrected chi connectivity index (χ2v) is 3.70. The molecule has 0 unspecified atom stereocenters. The lowest BCUT2D eigenvalue weighted by molar-refractivity contribution is -0.128. The molecule has 60 valence electrons. The molecule has 0 aromatic heterocycles. The molecule has 2 nitrogen and oxygen atoms in total. The van der Waals surface area contributed by atoms with Gasteiger partial charge >= 0.3 is 5.97 Å². The Labute approximate surface area is 68.8 Å². The van der Waals surface area contributed by atoms with Gasteiger partial charge in [-0.15, -0.1) is 0 Å². The third-order valence-corrected chi connectivity index (χ3v) is 2.42. The van der Waals surface area contributed by atoms with Crippen LogP contribution in [0.4, 0.5) is 0 Å². The van der Waals surface area contributed by atoms with E-state index in [-0.39, 0.29) is 5.97 Å². The van der Waals surface area contributed by atoms with Crippen LogP contribution < -0.4 is 0 Å². The molecule has 0 aromatic carbocycles. The van der Waals surface area contributed by atoms with Gasteiger partial charge in [0, 0.05) is 5.57 Å². The van der Waals surface area contributed by atoms with Gasteiger partial charge in [0.05, 0.1) is 0 Å². The standard InChI is InChI=1S/C8H10O2S/c1-7(2)8(9)10-11-5-3-4-6-11/h3-6,11H,1H2,2H3. The summed E-state index contributed by atoms with van der Waals surface area (Å²) in [4.78, 5) is 10.9. The van der Waals surface area contributed by atoms with E-state index in [9.17, 15) is 4.79 Å². The van der Waals surface area contributed by atoms with Gasteiger partial charge in [-0.25, -0.2) is 4.79 Å². The Morgan fingerprint density at radius 3 is 2.45 bits per heavy atom. The van der Waals surface area contributed by atoms with E-state index in [1.807, 2.05) is 23.0 Å². The van der Waals surface area contributed by atoms with Gasteiger partial charge < -0.3 is 4.18 Å². The number of carbonyl (C=O) groups is 1. The van der Waals surface area contributed by atoms with Crippen LogP contribution in [0.2, 0.25) is 0 Å². The third kappa shape index (κ3) is 2.27. The number of rotatable bonds is 2. The zero-order valence-electron chi connectivity index (χ0n) is 6.28. The lowest BCUT2D eigenvalue weighted by atomic mass is 10.4. The van der Waals surface area contributed by atoms with Gasteiger partial charge in [-0.3, -0.25) is 0 Å². The fourth-order valence-electron chi connectivity index (χ4n) is 0.553. The minimum absolute atomic E-state index is 0.313. The van der Waals surface area contributed by atoms with Crippen LogP contribution in [0.5, 0.6) is 0 Å². The van der Waals surface area contributed by atoms with Crippen molar-refractivity contribution in [3.05, 3.63) is 35.1 Å². The van der Waals surface area contributed by atoms with Gasteiger partial charge in [0.2, 0.25) is 0 Å². The van der Waals surface area contributed by atoms with E-state index >= 15 is 0 Å². The van der Waals surface area contributed by atoms with Gasteiger partial charge in [0.1, 0.15) is 0 Å². The molecule has 0 bridgehead atoms. The van der Waals surface area contributed by atoms with Crippen molar-refractivity contribution < 1.29 is 8.98 Å². The van der Waals surface area contributed by atoms with Gasteiger partial charge in [0.25, 0.3) is 0 Å². The molecule has 0 amide bonds. The summed E-state index contributed by atoms with van der Waals surface area (Å²) in [5.41, 5.74) is 0.446. The molecule has 0 atom stereocenters. The predicted molar refractivity (Wildman–Crippen MR) is 48.2 cm³/mol. The highest BCUT2D eigenvalue weighted by Gasteiger charge is 2.07. The summed E-state index contributed by atoms with van der Waals surface area (Å²) in [7, 11) is 0. The summed E-state index contributed by atoms with van der Waals surface area (Å²) in [6, 6.07) is 0. The second-order valence-electron chi connectivity index (χ2n) is 2.20. The van der Waals surface area contributed by atoms with E-state index in [4.69, 9.17) is 4.18 Å². The quantitative estimate of drug-likeness (QED) is 0.507. The fourth-order valence-corrected chi connectivity index (χ4v) is 1.66. The molecule has 0 aliphatic carbocycles. The first-order valence-corrected chi connectivity index (χ1v) is 4.61. The highest BCUT2D eigenvalue weighted by atomic mass is 32.2. The van der Waals surface area contributed by atoms with Crippen LogP contribution in [0.25, 0.3) is 0 Å². The van der Waals surface area contributed by atoms with Crippen molar-refractivity contribution in [3.8, 4) is 0 Å². The summed E-state index contributed by atoms with van der Waals surface area (Å²) in [6.07, 6.45) is 3.74. The smallest absolute Gasteiger partial charge is 0.343 e. The largest absolute Gasteiger partial charge is 0.407 e. The molecule has 0 fully saturated rings. The molecule has 1 aliphatic heterocycles. The van der Waals surface area contributed by atoms with Gasteiger partial charge in [-0.1, -0.05) is 29.9 Å². The summed E-state index contributed by atoms with van der Waals surface area (Å²) < 4.78 is 5.03. The minimum atomic E-state index is -0.788. The number of thiol groups is 1. The highest BCUT2D eigenvalue weighted by molar-refractivity contribution is 8.18. The van der Waals surface area contributed by atoms with Crippen LogP contribution in [-0.4, -0.2) is 5.97 Å². The third-order valence-electron chi connectivity index (χ3n) is 1.11. The Balaban J connectivity index is 2.43. The molecule has 3 heteroatoms. The van der Waals surface area contributed by atoms with Crippen molar-refractivity contribution in [2.24, 2.45) is 0 Å². The van der Waals surface area contributed by atoms with E-state index in [1.165, 1.54) is 0 Å². The molecule has 0 saturated heterocycles. The van der Waals surface area contributed by atoms with Crippen molar-refractivity contribution in [1.29, 1.82) is 0 Å². The summed E-state index contributed by atoms with van der Waals surface area (Å²) >= 11 is -0.788.